The Hall–Kier alpha value is -1.88. The van der Waals surface area contributed by atoms with Gasteiger partial charge in [0.1, 0.15) is 0 Å². The van der Waals surface area contributed by atoms with Gasteiger partial charge in [-0.25, -0.2) is 0 Å². The zero-order chi connectivity index (χ0) is 15.6. The first-order valence-electron chi connectivity index (χ1n) is 7.15. The SMILES string of the molecule is Cc1ccc(N(C)c2nnc(CNC(C)(C)C)o2)c(C)c1. The summed E-state index contributed by atoms with van der Waals surface area (Å²) in [5.41, 5.74) is 3.52. The molecule has 5 nitrogen and oxygen atoms in total. The lowest BCUT2D eigenvalue weighted by Crippen LogP contribution is -2.35. The molecule has 0 bridgehead atoms. The van der Waals surface area contributed by atoms with Crippen LogP contribution in [0.15, 0.2) is 22.6 Å². The Kier molecular flexibility index (Phi) is 4.32. The molecule has 2 aromatic rings. The second-order valence-electron chi connectivity index (χ2n) is 6.43. The van der Waals surface area contributed by atoms with E-state index in [9.17, 15) is 0 Å². The van der Waals surface area contributed by atoms with Crippen LogP contribution in [0.3, 0.4) is 0 Å². The highest BCUT2D eigenvalue weighted by Gasteiger charge is 2.16. The second kappa shape index (κ2) is 5.85. The van der Waals surface area contributed by atoms with Crippen LogP contribution in [0.5, 0.6) is 0 Å². The maximum absolute atomic E-state index is 5.72. The molecule has 0 spiro atoms. The van der Waals surface area contributed by atoms with Gasteiger partial charge in [0.05, 0.1) is 6.54 Å². The number of nitrogens with one attached hydrogen (secondary N) is 1. The van der Waals surface area contributed by atoms with Crippen molar-refractivity contribution in [3.63, 3.8) is 0 Å². The number of benzene rings is 1. The van der Waals surface area contributed by atoms with Gasteiger partial charge in [0, 0.05) is 18.3 Å². The van der Waals surface area contributed by atoms with Crippen LogP contribution in [0.2, 0.25) is 0 Å². The third-order valence-electron chi connectivity index (χ3n) is 3.23. The molecule has 0 fully saturated rings. The standard InChI is InChI=1S/C16H24N4O/c1-11-7-8-13(12(2)9-11)20(6)15-19-18-14(21-15)10-17-16(3,4)5/h7-9,17H,10H2,1-6H3. The van der Waals surface area contributed by atoms with E-state index in [0.717, 1.165) is 5.69 Å². The highest BCUT2D eigenvalue weighted by Crippen LogP contribution is 2.26. The van der Waals surface area contributed by atoms with Gasteiger partial charge in [0.15, 0.2) is 0 Å². The van der Waals surface area contributed by atoms with Crippen LogP contribution in [-0.4, -0.2) is 22.8 Å². The van der Waals surface area contributed by atoms with E-state index in [-0.39, 0.29) is 5.54 Å². The minimum Gasteiger partial charge on any atom is -0.406 e. The Balaban J connectivity index is 2.13. The van der Waals surface area contributed by atoms with E-state index in [2.05, 4.69) is 68.3 Å². The van der Waals surface area contributed by atoms with Gasteiger partial charge in [-0.15, -0.1) is 5.10 Å². The molecular formula is C16H24N4O. The summed E-state index contributed by atoms with van der Waals surface area (Å²) >= 11 is 0. The van der Waals surface area contributed by atoms with Crippen molar-refractivity contribution in [3.05, 3.63) is 35.2 Å². The number of rotatable bonds is 4. The molecule has 0 aliphatic rings. The second-order valence-corrected chi connectivity index (χ2v) is 6.43. The summed E-state index contributed by atoms with van der Waals surface area (Å²) in [7, 11) is 1.94. The van der Waals surface area contributed by atoms with Crippen molar-refractivity contribution >= 4 is 11.7 Å². The summed E-state index contributed by atoms with van der Waals surface area (Å²) in [6.07, 6.45) is 0. The molecule has 1 aromatic carbocycles. The molecule has 1 N–H and O–H groups in total. The van der Waals surface area contributed by atoms with E-state index in [1.807, 2.05) is 11.9 Å². The monoisotopic (exact) mass is 288 g/mol. The van der Waals surface area contributed by atoms with E-state index < -0.39 is 0 Å². The van der Waals surface area contributed by atoms with Gasteiger partial charge in [-0.05, 0) is 46.2 Å². The topological polar surface area (TPSA) is 54.2 Å². The van der Waals surface area contributed by atoms with Crippen LogP contribution < -0.4 is 10.2 Å². The van der Waals surface area contributed by atoms with Crippen molar-refractivity contribution < 1.29 is 4.42 Å². The minimum absolute atomic E-state index is 0.0219. The third kappa shape index (κ3) is 4.04. The van der Waals surface area contributed by atoms with E-state index >= 15 is 0 Å². The van der Waals surface area contributed by atoms with E-state index in [4.69, 9.17) is 4.42 Å². The van der Waals surface area contributed by atoms with Gasteiger partial charge < -0.3 is 9.73 Å². The van der Waals surface area contributed by atoms with Gasteiger partial charge >= 0.3 is 6.01 Å². The summed E-state index contributed by atoms with van der Waals surface area (Å²) < 4.78 is 5.72. The molecule has 114 valence electrons. The Morgan fingerprint density at radius 2 is 1.90 bits per heavy atom. The normalized spacial score (nSPS) is 11.7. The van der Waals surface area contributed by atoms with Crippen molar-refractivity contribution in [2.24, 2.45) is 0 Å². The first-order chi connectivity index (χ1) is 9.76. The number of anilines is 2. The highest BCUT2D eigenvalue weighted by atomic mass is 16.4. The molecule has 1 heterocycles. The van der Waals surface area contributed by atoms with Gasteiger partial charge in [0.2, 0.25) is 5.89 Å². The van der Waals surface area contributed by atoms with Crippen LogP contribution in [0.25, 0.3) is 0 Å². The number of aryl methyl sites for hydroxylation is 2. The van der Waals surface area contributed by atoms with Gasteiger partial charge in [-0.1, -0.05) is 22.8 Å². The van der Waals surface area contributed by atoms with Crippen molar-refractivity contribution in [1.29, 1.82) is 0 Å². The summed E-state index contributed by atoms with van der Waals surface area (Å²) in [5, 5.41) is 11.6. The fourth-order valence-electron chi connectivity index (χ4n) is 2.08. The zero-order valence-corrected chi connectivity index (χ0v) is 13.7. The number of aromatic nitrogens is 2. The fourth-order valence-corrected chi connectivity index (χ4v) is 2.08. The predicted molar refractivity (Wildman–Crippen MR) is 84.9 cm³/mol. The van der Waals surface area contributed by atoms with Crippen LogP contribution in [0.4, 0.5) is 11.7 Å². The van der Waals surface area contributed by atoms with Crippen molar-refractivity contribution in [2.45, 2.75) is 46.7 Å². The average molecular weight is 288 g/mol. The first-order valence-corrected chi connectivity index (χ1v) is 7.15. The minimum atomic E-state index is 0.0219. The number of hydrogen-bond acceptors (Lipinski definition) is 5. The smallest absolute Gasteiger partial charge is 0.322 e. The maximum atomic E-state index is 5.72. The Labute approximate surface area is 126 Å². The molecule has 0 aliphatic heterocycles. The van der Waals surface area contributed by atoms with Crippen molar-refractivity contribution in [3.8, 4) is 0 Å². The Morgan fingerprint density at radius 3 is 2.52 bits per heavy atom. The first kappa shape index (κ1) is 15.5. The van der Waals surface area contributed by atoms with Crippen molar-refractivity contribution in [2.75, 3.05) is 11.9 Å². The van der Waals surface area contributed by atoms with E-state index in [1.165, 1.54) is 11.1 Å². The zero-order valence-electron chi connectivity index (χ0n) is 13.7. The lowest BCUT2D eigenvalue weighted by atomic mass is 10.1. The average Bonchev–Trinajstić information content (AvgIpc) is 2.83. The maximum Gasteiger partial charge on any atom is 0.322 e. The third-order valence-corrected chi connectivity index (χ3v) is 3.23. The molecule has 0 atom stereocenters. The van der Waals surface area contributed by atoms with Crippen LogP contribution in [0, 0.1) is 13.8 Å². The predicted octanol–water partition coefficient (Wildman–Crippen LogP) is 3.34. The van der Waals surface area contributed by atoms with Crippen LogP contribution >= 0.6 is 0 Å². The van der Waals surface area contributed by atoms with Gasteiger partial charge in [-0.2, -0.15) is 0 Å². The Morgan fingerprint density at radius 1 is 1.19 bits per heavy atom. The van der Waals surface area contributed by atoms with E-state index in [0.29, 0.717) is 18.5 Å². The molecule has 5 heteroatoms. The van der Waals surface area contributed by atoms with Crippen LogP contribution in [0.1, 0.15) is 37.8 Å². The highest BCUT2D eigenvalue weighted by molar-refractivity contribution is 5.60. The molecule has 0 amide bonds. The lowest BCUT2D eigenvalue weighted by Gasteiger charge is -2.19. The molecule has 0 radical (unpaired) electrons. The molecule has 2 rings (SSSR count). The molecule has 0 saturated carbocycles. The number of nitrogens with zero attached hydrogens (tertiary/aromatic N) is 3. The molecule has 0 unspecified atom stereocenters. The summed E-state index contributed by atoms with van der Waals surface area (Å²) in [4.78, 5) is 1.92. The Bertz CT molecular complexity index is 613. The van der Waals surface area contributed by atoms with Crippen LogP contribution in [-0.2, 0) is 6.54 Å². The summed E-state index contributed by atoms with van der Waals surface area (Å²) in [5.74, 6) is 0.594. The summed E-state index contributed by atoms with van der Waals surface area (Å²) in [6.45, 7) is 11.0. The van der Waals surface area contributed by atoms with Crippen molar-refractivity contribution in [1.82, 2.24) is 15.5 Å². The van der Waals surface area contributed by atoms with E-state index in [1.54, 1.807) is 0 Å². The van der Waals surface area contributed by atoms with Gasteiger partial charge in [-0.3, -0.25) is 4.90 Å². The molecule has 0 saturated heterocycles. The quantitative estimate of drug-likeness (QED) is 0.935. The fraction of sp³-hybridized carbons (Fsp3) is 0.500. The largest absolute Gasteiger partial charge is 0.406 e. The summed E-state index contributed by atoms with van der Waals surface area (Å²) in [6, 6.07) is 6.80. The number of hydrogen-bond donors (Lipinski definition) is 1. The molecule has 21 heavy (non-hydrogen) atoms. The molecule has 1 aromatic heterocycles. The lowest BCUT2D eigenvalue weighted by molar-refractivity contribution is 0.382. The molecule has 0 aliphatic carbocycles. The van der Waals surface area contributed by atoms with Gasteiger partial charge in [0.25, 0.3) is 0 Å². The molecular weight excluding hydrogens is 264 g/mol.